The lowest BCUT2D eigenvalue weighted by Gasteiger charge is -2.19. The predicted octanol–water partition coefficient (Wildman–Crippen LogP) is 4.63. The normalized spacial score (nSPS) is 12.2. The molecule has 0 saturated heterocycles. The highest BCUT2D eigenvalue weighted by molar-refractivity contribution is 5.48. The molecule has 0 fully saturated rings. The summed E-state index contributed by atoms with van der Waals surface area (Å²) in [4.78, 5) is 9.17. The maximum Gasteiger partial charge on any atom is 0.132 e. The van der Waals surface area contributed by atoms with Crippen molar-refractivity contribution in [2.45, 2.75) is 78.7 Å². The molecule has 2 N–H and O–H groups in total. The Bertz CT molecular complexity index is 392. The van der Waals surface area contributed by atoms with Gasteiger partial charge in [-0.25, -0.2) is 9.97 Å². The number of nitrogens with one attached hydrogen (secondary N) is 2. The molecule has 0 aromatic carbocycles. The van der Waals surface area contributed by atoms with E-state index < -0.39 is 0 Å². The van der Waals surface area contributed by atoms with Crippen LogP contribution < -0.4 is 10.6 Å². The summed E-state index contributed by atoms with van der Waals surface area (Å²) in [5.74, 6) is 2.82. The molecular weight excluding hydrogens is 260 g/mol. The highest BCUT2D eigenvalue weighted by atomic mass is 15.1. The predicted molar refractivity (Wildman–Crippen MR) is 92.0 cm³/mol. The van der Waals surface area contributed by atoms with Crippen molar-refractivity contribution >= 4 is 11.6 Å². The summed E-state index contributed by atoms with van der Waals surface area (Å²) in [6, 6.07) is 2.57. The number of anilines is 2. The van der Waals surface area contributed by atoms with Crippen molar-refractivity contribution in [2.24, 2.45) is 0 Å². The molecule has 0 bridgehead atoms. The Morgan fingerprint density at radius 1 is 0.952 bits per heavy atom. The molecule has 1 heterocycles. The van der Waals surface area contributed by atoms with Gasteiger partial charge in [0.05, 0.1) is 0 Å². The lowest BCUT2D eigenvalue weighted by Crippen LogP contribution is -2.20. The molecule has 0 amide bonds. The summed E-state index contributed by atoms with van der Waals surface area (Å²) in [5.41, 5.74) is 0. The monoisotopic (exact) mass is 292 g/mol. The first-order chi connectivity index (χ1) is 10.2. The maximum absolute atomic E-state index is 4.63. The number of nitrogens with zero attached hydrogens (tertiary/aromatic N) is 2. The molecule has 0 radical (unpaired) electrons. The van der Waals surface area contributed by atoms with Gasteiger partial charge < -0.3 is 10.6 Å². The second kappa shape index (κ2) is 10.4. The third-order valence-corrected chi connectivity index (χ3v) is 3.54. The maximum atomic E-state index is 4.63. The molecule has 4 nitrogen and oxygen atoms in total. The first-order valence-electron chi connectivity index (χ1n) is 8.61. The summed E-state index contributed by atoms with van der Waals surface area (Å²) in [6.45, 7) is 9.70. The standard InChI is InChI=1S/C17H32N4/c1-5-9-11-14(10-6-2)19-17-13-16(18-12-7-3)20-15(8-4)21-17/h13-14H,5-12H2,1-4H3,(H2,18,19,20,21). The molecule has 1 atom stereocenters. The number of unbranched alkanes of at least 4 members (excludes halogenated alkanes) is 1. The topological polar surface area (TPSA) is 49.8 Å². The van der Waals surface area contributed by atoms with Gasteiger partial charge in [-0.3, -0.25) is 0 Å². The van der Waals surface area contributed by atoms with Crippen LogP contribution in [-0.2, 0) is 6.42 Å². The van der Waals surface area contributed by atoms with Crippen LogP contribution in [0.5, 0.6) is 0 Å². The van der Waals surface area contributed by atoms with E-state index in [4.69, 9.17) is 0 Å². The molecule has 0 aliphatic carbocycles. The zero-order valence-corrected chi connectivity index (χ0v) is 14.2. The lowest BCUT2D eigenvalue weighted by atomic mass is 10.1. The molecule has 0 aliphatic rings. The average molecular weight is 292 g/mol. The van der Waals surface area contributed by atoms with Gasteiger partial charge in [0.1, 0.15) is 17.5 Å². The van der Waals surface area contributed by atoms with Crippen molar-refractivity contribution in [1.29, 1.82) is 0 Å². The second-order valence-electron chi connectivity index (χ2n) is 5.61. The van der Waals surface area contributed by atoms with E-state index >= 15 is 0 Å². The van der Waals surface area contributed by atoms with Crippen LogP contribution in [0.3, 0.4) is 0 Å². The smallest absolute Gasteiger partial charge is 0.132 e. The fraction of sp³-hybridized carbons (Fsp3) is 0.765. The molecule has 1 unspecified atom stereocenters. The van der Waals surface area contributed by atoms with Gasteiger partial charge in [0.25, 0.3) is 0 Å². The fourth-order valence-electron chi connectivity index (χ4n) is 2.37. The minimum Gasteiger partial charge on any atom is -0.370 e. The van der Waals surface area contributed by atoms with Gasteiger partial charge in [-0.1, -0.05) is 47.0 Å². The minimum absolute atomic E-state index is 0.522. The van der Waals surface area contributed by atoms with Gasteiger partial charge in [0.15, 0.2) is 0 Å². The van der Waals surface area contributed by atoms with Crippen molar-refractivity contribution in [3.8, 4) is 0 Å². The number of rotatable bonds is 11. The summed E-state index contributed by atoms with van der Waals surface area (Å²) < 4.78 is 0. The largest absolute Gasteiger partial charge is 0.370 e. The molecule has 1 rings (SSSR count). The van der Waals surface area contributed by atoms with Crippen LogP contribution in [0.2, 0.25) is 0 Å². The average Bonchev–Trinajstić information content (AvgIpc) is 2.50. The summed E-state index contributed by atoms with van der Waals surface area (Å²) in [6.07, 6.45) is 8.09. The Morgan fingerprint density at radius 3 is 2.33 bits per heavy atom. The lowest BCUT2D eigenvalue weighted by molar-refractivity contribution is 0.562. The van der Waals surface area contributed by atoms with Gasteiger partial charge in [-0.05, 0) is 19.3 Å². The number of aromatic nitrogens is 2. The third-order valence-electron chi connectivity index (χ3n) is 3.54. The van der Waals surface area contributed by atoms with Gasteiger partial charge in [-0.15, -0.1) is 0 Å². The van der Waals surface area contributed by atoms with E-state index in [0.717, 1.165) is 36.8 Å². The first-order valence-corrected chi connectivity index (χ1v) is 8.61. The second-order valence-corrected chi connectivity index (χ2v) is 5.61. The van der Waals surface area contributed by atoms with Crippen LogP contribution in [0.4, 0.5) is 11.6 Å². The summed E-state index contributed by atoms with van der Waals surface area (Å²) >= 11 is 0. The molecule has 0 aliphatic heterocycles. The highest BCUT2D eigenvalue weighted by Crippen LogP contribution is 2.17. The van der Waals surface area contributed by atoms with Crippen molar-refractivity contribution in [2.75, 3.05) is 17.2 Å². The molecule has 120 valence electrons. The molecular formula is C17H32N4. The van der Waals surface area contributed by atoms with Crippen molar-refractivity contribution < 1.29 is 0 Å². The molecule has 4 heteroatoms. The molecule has 0 saturated carbocycles. The van der Waals surface area contributed by atoms with E-state index in [2.05, 4.69) is 48.3 Å². The number of hydrogen-bond donors (Lipinski definition) is 2. The Kier molecular flexibility index (Phi) is 8.79. The highest BCUT2D eigenvalue weighted by Gasteiger charge is 2.10. The quantitative estimate of drug-likeness (QED) is 0.624. The van der Waals surface area contributed by atoms with Crippen LogP contribution in [0.1, 0.15) is 72.0 Å². The zero-order valence-electron chi connectivity index (χ0n) is 14.2. The van der Waals surface area contributed by atoms with Crippen molar-refractivity contribution in [3.05, 3.63) is 11.9 Å². The molecule has 0 spiro atoms. The van der Waals surface area contributed by atoms with Gasteiger partial charge in [0, 0.05) is 25.1 Å². The van der Waals surface area contributed by atoms with Gasteiger partial charge >= 0.3 is 0 Å². The molecule has 21 heavy (non-hydrogen) atoms. The third kappa shape index (κ3) is 6.78. The Morgan fingerprint density at radius 2 is 1.71 bits per heavy atom. The number of aryl methyl sites for hydroxylation is 1. The van der Waals surface area contributed by atoms with E-state index in [0.29, 0.717) is 6.04 Å². The van der Waals surface area contributed by atoms with E-state index in [1.165, 1.54) is 32.1 Å². The summed E-state index contributed by atoms with van der Waals surface area (Å²) in [7, 11) is 0. The first kappa shape index (κ1) is 17.7. The minimum atomic E-state index is 0.522. The fourth-order valence-corrected chi connectivity index (χ4v) is 2.37. The Labute approximate surface area is 130 Å². The van der Waals surface area contributed by atoms with Crippen molar-refractivity contribution in [3.63, 3.8) is 0 Å². The van der Waals surface area contributed by atoms with Gasteiger partial charge in [-0.2, -0.15) is 0 Å². The van der Waals surface area contributed by atoms with Gasteiger partial charge in [0.2, 0.25) is 0 Å². The zero-order chi connectivity index (χ0) is 15.5. The number of hydrogen-bond acceptors (Lipinski definition) is 4. The molecule has 1 aromatic heterocycles. The Hall–Kier alpha value is -1.32. The van der Waals surface area contributed by atoms with Crippen LogP contribution in [0.25, 0.3) is 0 Å². The van der Waals surface area contributed by atoms with E-state index in [1.807, 2.05) is 6.07 Å². The van der Waals surface area contributed by atoms with E-state index in [1.54, 1.807) is 0 Å². The van der Waals surface area contributed by atoms with Crippen LogP contribution in [0, 0.1) is 0 Å². The van der Waals surface area contributed by atoms with E-state index in [-0.39, 0.29) is 0 Å². The van der Waals surface area contributed by atoms with Crippen LogP contribution >= 0.6 is 0 Å². The van der Waals surface area contributed by atoms with E-state index in [9.17, 15) is 0 Å². The Balaban J connectivity index is 2.77. The SMILES string of the molecule is CCCCC(CCC)Nc1cc(NCCC)nc(CC)n1. The molecule has 1 aromatic rings. The van der Waals surface area contributed by atoms with Crippen LogP contribution in [0.15, 0.2) is 6.07 Å². The van der Waals surface area contributed by atoms with Crippen molar-refractivity contribution in [1.82, 2.24) is 9.97 Å². The summed E-state index contributed by atoms with van der Waals surface area (Å²) in [5, 5.41) is 6.98. The van der Waals surface area contributed by atoms with Crippen LogP contribution in [-0.4, -0.2) is 22.6 Å².